The quantitative estimate of drug-likeness (QED) is 0.839. The van der Waals surface area contributed by atoms with Crippen LogP contribution in [0.3, 0.4) is 0 Å². The molecule has 0 radical (unpaired) electrons. The summed E-state index contributed by atoms with van der Waals surface area (Å²) in [7, 11) is 0. The van der Waals surface area contributed by atoms with Crippen molar-refractivity contribution in [2.45, 2.75) is 25.9 Å². The highest BCUT2D eigenvalue weighted by molar-refractivity contribution is 7.98. The highest BCUT2D eigenvalue weighted by atomic mass is 32.2. The molecule has 96 valence electrons. The first-order valence-electron chi connectivity index (χ1n) is 6.54. The second-order valence-electron chi connectivity index (χ2n) is 4.58. The summed E-state index contributed by atoms with van der Waals surface area (Å²) in [6.07, 6.45) is 3.36. The fourth-order valence-corrected chi connectivity index (χ4v) is 2.98. The maximum absolute atomic E-state index is 3.66. The van der Waals surface area contributed by atoms with Crippen LogP contribution in [-0.4, -0.2) is 18.1 Å². The van der Waals surface area contributed by atoms with Gasteiger partial charge in [-0.2, -0.15) is 11.8 Å². The minimum atomic E-state index is 0.610. The Balaban J connectivity index is 2.11. The lowest BCUT2D eigenvalue weighted by Gasteiger charge is -2.16. The van der Waals surface area contributed by atoms with Gasteiger partial charge >= 0.3 is 0 Å². The van der Waals surface area contributed by atoms with Gasteiger partial charge in [-0.3, -0.25) is 0 Å². The molecular weight excluding hydrogens is 238 g/mol. The molecule has 2 rings (SSSR count). The molecule has 2 heteroatoms. The fourth-order valence-electron chi connectivity index (χ4n) is 2.22. The van der Waals surface area contributed by atoms with Crippen molar-refractivity contribution in [1.29, 1.82) is 0 Å². The summed E-state index contributed by atoms with van der Waals surface area (Å²) in [6, 6.07) is 15.8. The maximum Gasteiger partial charge on any atom is 0.0214 e. The van der Waals surface area contributed by atoms with Crippen molar-refractivity contribution in [3.05, 3.63) is 48.0 Å². The summed E-state index contributed by atoms with van der Waals surface area (Å²) < 4.78 is 0. The van der Waals surface area contributed by atoms with Crippen LogP contribution in [0.2, 0.25) is 0 Å². The van der Waals surface area contributed by atoms with E-state index in [1.165, 1.54) is 28.5 Å². The average molecular weight is 259 g/mol. The van der Waals surface area contributed by atoms with Crippen molar-refractivity contribution >= 4 is 22.5 Å². The summed E-state index contributed by atoms with van der Waals surface area (Å²) in [5.74, 6) is 1.18. The normalized spacial score (nSPS) is 12.8. The van der Waals surface area contributed by atoms with E-state index < -0.39 is 0 Å². The lowest BCUT2D eigenvalue weighted by molar-refractivity contribution is 0.543. The van der Waals surface area contributed by atoms with E-state index >= 15 is 0 Å². The van der Waals surface area contributed by atoms with Gasteiger partial charge in [-0.25, -0.2) is 0 Å². The molecule has 0 aliphatic heterocycles. The molecule has 1 unspecified atom stereocenters. The zero-order valence-electron chi connectivity index (χ0n) is 11.1. The summed E-state index contributed by atoms with van der Waals surface area (Å²) >= 11 is 1.91. The molecule has 0 aromatic heterocycles. The Morgan fingerprint density at radius 1 is 1.11 bits per heavy atom. The SMILES string of the molecule is CCC(CSC)NCc1cccc2ccccc12. The summed E-state index contributed by atoms with van der Waals surface area (Å²) in [5, 5.41) is 6.35. The minimum absolute atomic E-state index is 0.610. The van der Waals surface area contributed by atoms with Crippen LogP contribution in [0.1, 0.15) is 18.9 Å². The van der Waals surface area contributed by atoms with Crippen LogP contribution in [-0.2, 0) is 6.54 Å². The van der Waals surface area contributed by atoms with Gasteiger partial charge in [0.25, 0.3) is 0 Å². The van der Waals surface area contributed by atoms with Gasteiger partial charge in [0.1, 0.15) is 0 Å². The Kier molecular flexibility index (Phi) is 5.09. The van der Waals surface area contributed by atoms with Gasteiger partial charge < -0.3 is 5.32 Å². The van der Waals surface area contributed by atoms with E-state index in [4.69, 9.17) is 0 Å². The van der Waals surface area contributed by atoms with E-state index in [2.05, 4.69) is 61.0 Å². The lowest BCUT2D eigenvalue weighted by Crippen LogP contribution is -2.30. The van der Waals surface area contributed by atoms with Crippen molar-refractivity contribution in [2.75, 3.05) is 12.0 Å². The topological polar surface area (TPSA) is 12.0 Å². The standard InChI is InChI=1S/C16H21NS/c1-3-15(12-18-2)17-11-14-9-6-8-13-7-4-5-10-16(13)14/h4-10,15,17H,3,11-12H2,1-2H3. The van der Waals surface area contributed by atoms with E-state index in [0.717, 1.165) is 6.54 Å². The van der Waals surface area contributed by atoms with E-state index in [1.54, 1.807) is 0 Å². The number of hydrogen-bond donors (Lipinski definition) is 1. The Labute approximate surface area is 114 Å². The first-order chi connectivity index (χ1) is 8.85. The second kappa shape index (κ2) is 6.81. The Bertz CT molecular complexity index is 490. The fraction of sp³-hybridized carbons (Fsp3) is 0.375. The number of thioether (sulfide) groups is 1. The molecule has 0 fully saturated rings. The van der Waals surface area contributed by atoms with Crippen LogP contribution in [0.15, 0.2) is 42.5 Å². The molecular formula is C16H21NS. The highest BCUT2D eigenvalue weighted by Gasteiger charge is 2.06. The largest absolute Gasteiger partial charge is 0.309 e. The zero-order chi connectivity index (χ0) is 12.8. The molecule has 1 N–H and O–H groups in total. The first kappa shape index (κ1) is 13.4. The monoisotopic (exact) mass is 259 g/mol. The average Bonchev–Trinajstić information content (AvgIpc) is 2.43. The molecule has 1 nitrogen and oxygen atoms in total. The summed E-state index contributed by atoms with van der Waals surface area (Å²) in [6.45, 7) is 3.21. The van der Waals surface area contributed by atoms with E-state index in [-0.39, 0.29) is 0 Å². The van der Waals surface area contributed by atoms with E-state index in [1.807, 2.05) is 11.8 Å². The van der Waals surface area contributed by atoms with Crippen LogP contribution >= 0.6 is 11.8 Å². The third kappa shape index (κ3) is 3.27. The van der Waals surface area contributed by atoms with Gasteiger partial charge in [-0.1, -0.05) is 49.4 Å². The Morgan fingerprint density at radius 2 is 1.89 bits per heavy atom. The summed E-state index contributed by atoms with van der Waals surface area (Å²) in [4.78, 5) is 0. The lowest BCUT2D eigenvalue weighted by atomic mass is 10.0. The van der Waals surface area contributed by atoms with Crippen LogP contribution in [0, 0.1) is 0 Å². The third-order valence-electron chi connectivity index (χ3n) is 3.32. The van der Waals surface area contributed by atoms with Crippen LogP contribution < -0.4 is 5.32 Å². The molecule has 0 aliphatic rings. The maximum atomic E-state index is 3.66. The number of hydrogen-bond acceptors (Lipinski definition) is 2. The van der Waals surface area contributed by atoms with Gasteiger partial charge in [0.15, 0.2) is 0 Å². The number of benzene rings is 2. The van der Waals surface area contributed by atoms with Crippen molar-refractivity contribution < 1.29 is 0 Å². The van der Waals surface area contributed by atoms with Crippen LogP contribution in [0.25, 0.3) is 10.8 Å². The zero-order valence-corrected chi connectivity index (χ0v) is 12.0. The number of nitrogens with one attached hydrogen (secondary N) is 1. The Morgan fingerprint density at radius 3 is 2.67 bits per heavy atom. The van der Waals surface area contributed by atoms with Crippen molar-refractivity contribution in [1.82, 2.24) is 5.32 Å². The van der Waals surface area contributed by atoms with Gasteiger partial charge in [0, 0.05) is 18.3 Å². The van der Waals surface area contributed by atoms with Crippen LogP contribution in [0.5, 0.6) is 0 Å². The van der Waals surface area contributed by atoms with Gasteiger partial charge in [-0.15, -0.1) is 0 Å². The van der Waals surface area contributed by atoms with Crippen molar-refractivity contribution in [2.24, 2.45) is 0 Å². The summed E-state index contributed by atoms with van der Waals surface area (Å²) in [5.41, 5.74) is 1.40. The smallest absolute Gasteiger partial charge is 0.0214 e. The molecule has 1 atom stereocenters. The predicted molar refractivity (Wildman–Crippen MR) is 83.2 cm³/mol. The third-order valence-corrected chi connectivity index (χ3v) is 4.06. The molecule has 2 aromatic carbocycles. The molecule has 18 heavy (non-hydrogen) atoms. The molecule has 0 heterocycles. The van der Waals surface area contributed by atoms with E-state index in [9.17, 15) is 0 Å². The van der Waals surface area contributed by atoms with Crippen molar-refractivity contribution in [3.8, 4) is 0 Å². The predicted octanol–water partition coefficient (Wildman–Crippen LogP) is 4.07. The number of fused-ring (bicyclic) bond motifs is 1. The minimum Gasteiger partial charge on any atom is -0.309 e. The van der Waals surface area contributed by atoms with Crippen molar-refractivity contribution in [3.63, 3.8) is 0 Å². The number of rotatable bonds is 6. The Hall–Kier alpha value is -0.990. The molecule has 0 saturated heterocycles. The first-order valence-corrected chi connectivity index (χ1v) is 7.93. The molecule has 0 saturated carbocycles. The second-order valence-corrected chi connectivity index (χ2v) is 5.49. The highest BCUT2D eigenvalue weighted by Crippen LogP contribution is 2.18. The molecule has 0 spiro atoms. The van der Waals surface area contributed by atoms with Gasteiger partial charge in [0.2, 0.25) is 0 Å². The molecule has 0 amide bonds. The molecule has 2 aromatic rings. The van der Waals surface area contributed by atoms with Crippen LogP contribution in [0.4, 0.5) is 0 Å². The van der Waals surface area contributed by atoms with E-state index in [0.29, 0.717) is 6.04 Å². The van der Waals surface area contributed by atoms with Gasteiger partial charge in [-0.05, 0) is 29.0 Å². The van der Waals surface area contributed by atoms with Gasteiger partial charge in [0.05, 0.1) is 0 Å². The molecule has 0 aliphatic carbocycles. The molecule has 0 bridgehead atoms.